The van der Waals surface area contributed by atoms with E-state index in [2.05, 4.69) is 21.2 Å². The third-order valence-corrected chi connectivity index (χ3v) is 9.09. The number of aliphatic hydroxyl groups is 1. The smallest absolute Gasteiger partial charge is 0.312 e. The van der Waals surface area contributed by atoms with E-state index in [4.69, 9.17) is 9.47 Å². The van der Waals surface area contributed by atoms with Gasteiger partial charge in [-0.1, -0.05) is 76.6 Å². The Balaban J connectivity index is 1.44. The molecule has 8 nitrogen and oxygen atoms in total. The van der Waals surface area contributed by atoms with Gasteiger partial charge >= 0.3 is 5.97 Å². The first-order valence-electron chi connectivity index (χ1n) is 13.2. The van der Waals surface area contributed by atoms with Crippen LogP contribution >= 0.6 is 15.9 Å². The van der Waals surface area contributed by atoms with Crippen molar-refractivity contribution in [3.05, 3.63) is 78.4 Å². The summed E-state index contributed by atoms with van der Waals surface area (Å²) in [5, 5.41) is 15.5. The fourth-order valence-electron chi connectivity index (χ4n) is 6.72. The van der Waals surface area contributed by atoms with E-state index in [0.717, 1.165) is 10.8 Å². The van der Waals surface area contributed by atoms with Gasteiger partial charge in [0, 0.05) is 10.5 Å². The Kier molecular flexibility index (Phi) is 6.69. The van der Waals surface area contributed by atoms with Gasteiger partial charge in [0.15, 0.2) is 0 Å². The number of ether oxygens (including phenoxy) is 2. The van der Waals surface area contributed by atoms with Crippen LogP contribution in [0.2, 0.25) is 0 Å². The molecule has 1 spiro atoms. The van der Waals surface area contributed by atoms with E-state index in [9.17, 15) is 19.5 Å². The molecule has 3 fully saturated rings. The van der Waals surface area contributed by atoms with Crippen molar-refractivity contribution in [3.63, 3.8) is 0 Å². The number of alkyl halides is 1. The van der Waals surface area contributed by atoms with E-state index >= 15 is 0 Å². The molecule has 3 heterocycles. The Hall–Kier alpha value is -3.27. The molecule has 3 aromatic carbocycles. The predicted molar refractivity (Wildman–Crippen MR) is 148 cm³/mol. The average molecular weight is 593 g/mol. The molecule has 3 aliphatic rings. The van der Waals surface area contributed by atoms with E-state index in [1.807, 2.05) is 72.8 Å². The number of hydrogen-bond donors (Lipinski definition) is 2. The van der Waals surface area contributed by atoms with E-state index in [1.54, 1.807) is 6.92 Å². The standard InChI is InChI=1S/C30H29BrN2O6/c1-2-38-29(37)23-24-28(36)33(22(16-34)18-9-4-3-5-10-18)26(30(24)15-21(31)25(23)39-30)27(35)32-20-13-12-17-8-6-7-11-19(17)14-20/h3-14,21-26,34H,2,15-16H2,1H3,(H,32,35)/t21?,22-,23+,24-,25+,26+,30-/m1/s1. The summed E-state index contributed by atoms with van der Waals surface area (Å²) in [4.78, 5) is 42.8. The molecule has 2 N–H and O–H groups in total. The lowest BCUT2D eigenvalue weighted by Crippen LogP contribution is -2.54. The normalized spacial score (nSPS) is 29.9. The lowest BCUT2D eigenvalue weighted by molar-refractivity contribution is -0.155. The molecule has 0 saturated carbocycles. The zero-order chi connectivity index (χ0) is 27.3. The number of fused-ring (bicyclic) bond motifs is 2. The number of carbonyl (C=O) groups excluding carboxylic acids is 3. The summed E-state index contributed by atoms with van der Waals surface area (Å²) in [6.07, 6.45) is -0.233. The van der Waals surface area contributed by atoms with Crippen molar-refractivity contribution < 1.29 is 29.0 Å². The predicted octanol–water partition coefficient (Wildman–Crippen LogP) is 3.82. The minimum atomic E-state index is -1.25. The maximum atomic E-state index is 14.2. The van der Waals surface area contributed by atoms with Gasteiger partial charge < -0.3 is 24.8 Å². The van der Waals surface area contributed by atoms with Gasteiger partial charge in [0.2, 0.25) is 11.8 Å². The Morgan fingerprint density at radius 3 is 2.56 bits per heavy atom. The van der Waals surface area contributed by atoms with Gasteiger partial charge in [-0.25, -0.2) is 0 Å². The molecule has 39 heavy (non-hydrogen) atoms. The van der Waals surface area contributed by atoms with Crippen LogP contribution in [0.4, 0.5) is 5.69 Å². The van der Waals surface area contributed by atoms with Crippen molar-refractivity contribution >= 4 is 50.2 Å². The second kappa shape index (κ2) is 10.0. The first-order valence-corrected chi connectivity index (χ1v) is 14.1. The summed E-state index contributed by atoms with van der Waals surface area (Å²) in [6.45, 7) is 1.48. The molecule has 2 bridgehead atoms. The van der Waals surface area contributed by atoms with Gasteiger partial charge in [0.25, 0.3) is 0 Å². The summed E-state index contributed by atoms with van der Waals surface area (Å²) in [6, 6.07) is 20.7. The zero-order valence-corrected chi connectivity index (χ0v) is 22.9. The van der Waals surface area contributed by atoms with Gasteiger partial charge in [-0.05, 0) is 41.8 Å². The number of halogens is 1. The van der Waals surface area contributed by atoms with Crippen molar-refractivity contribution in [1.82, 2.24) is 4.90 Å². The lowest BCUT2D eigenvalue weighted by atomic mass is 9.70. The Labute approximate surface area is 234 Å². The molecule has 9 heteroatoms. The Morgan fingerprint density at radius 2 is 1.85 bits per heavy atom. The second-order valence-electron chi connectivity index (χ2n) is 10.3. The monoisotopic (exact) mass is 592 g/mol. The SMILES string of the molecule is CCOC(=O)[C@@H]1[C@H]2O[C@@]3(CC2Br)[C@H](C(=O)Nc2ccc4ccccc4c2)N([C@H](CO)c2ccccc2)C(=O)[C@@H]13. The first kappa shape index (κ1) is 26.0. The number of benzene rings is 3. The van der Waals surface area contributed by atoms with Crippen LogP contribution in [0.25, 0.3) is 10.8 Å². The zero-order valence-electron chi connectivity index (χ0n) is 21.3. The van der Waals surface area contributed by atoms with Crippen LogP contribution in [0, 0.1) is 11.8 Å². The van der Waals surface area contributed by atoms with Gasteiger partial charge in [0.1, 0.15) is 11.6 Å². The summed E-state index contributed by atoms with van der Waals surface area (Å²) in [5.41, 5.74) is 0.0122. The molecule has 0 radical (unpaired) electrons. The maximum Gasteiger partial charge on any atom is 0.312 e. The third kappa shape index (κ3) is 4.06. The van der Waals surface area contributed by atoms with Crippen LogP contribution < -0.4 is 5.32 Å². The number of amides is 2. The van der Waals surface area contributed by atoms with Gasteiger partial charge in [0.05, 0.1) is 37.2 Å². The molecule has 0 aliphatic carbocycles. The molecule has 0 aromatic heterocycles. The van der Waals surface area contributed by atoms with Crippen LogP contribution in [0.1, 0.15) is 24.9 Å². The molecular formula is C30H29BrN2O6. The highest BCUT2D eigenvalue weighted by molar-refractivity contribution is 9.09. The van der Waals surface area contributed by atoms with Crippen molar-refractivity contribution in [3.8, 4) is 0 Å². The highest BCUT2D eigenvalue weighted by Gasteiger charge is 2.77. The fraction of sp³-hybridized carbons (Fsp3) is 0.367. The minimum absolute atomic E-state index is 0.168. The number of likely N-dealkylation sites (tertiary alicyclic amines) is 1. The number of rotatable bonds is 7. The molecular weight excluding hydrogens is 564 g/mol. The Morgan fingerprint density at radius 1 is 1.13 bits per heavy atom. The molecule has 1 unspecified atom stereocenters. The number of carbonyl (C=O) groups is 3. The first-order chi connectivity index (χ1) is 18.9. The molecule has 202 valence electrons. The number of aliphatic hydroxyl groups excluding tert-OH is 1. The highest BCUT2D eigenvalue weighted by Crippen LogP contribution is 2.61. The number of hydrogen-bond acceptors (Lipinski definition) is 6. The molecule has 7 atom stereocenters. The van der Waals surface area contributed by atoms with Crippen LogP contribution in [-0.4, -0.2) is 63.6 Å². The summed E-state index contributed by atoms with van der Waals surface area (Å²) >= 11 is 3.65. The van der Waals surface area contributed by atoms with Gasteiger partial charge in [-0.3, -0.25) is 14.4 Å². The van der Waals surface area contributed by atoms with Crippen molar-refractivity contribution in [2.75, 3.05) is 18.5 Å². The van der Waals surface area contributed by atoms with Crippen molar-refractivity contribution in [1.29, 1.82) is 0 Å². The molecule has 3 aromatic rings. The molecule has 3 saturated heterocycles. The number of esters is 1. The summed E-state index contributed by atoms with van der Waals surface area (Å²) in [5.74, 6) is -3.09. The van der Waals surface area contributed by atoms with Crippen LogP contribution in [-0.2, 0) is 23.9 Å². The van der Waals surface area contributed by atoms with Crippen LogP contribution in [0.5, 0.6) is 0 Å². The van der Waals surface area contributed by atoms with E-state index in [1.165, 1.54) is 4.90 Å². The minimum Gasteiger partial charge on any atom is -0.466 e. The molecule has 3 aliphatic heterocycles. The molecule has 6 rings (SSSR count). The number of nitrogens with one attached hydrogen (secondary N) is 1. The lowest BCUT2D eigenvalue weighted by Gasteiger charge is -2.37. The second-order valence-corrected chi connectivity index (χ2v) is 11.5. The fourth-order valence-corrected chi connectivity index (χ4v) is 7.66. The van der Waals surface area contributed by atoms with E-state index in [-0.39, 0.29) is 11.4 Å². The van der Waals surface area contributed by atoms with E-state index < -0.39 is 60.0 Å². The average Bonchev–Trinajstić information content (AvgIpc) is 3.53. The van der Waals surface area contributed by atoms with Crippen molar-refractivity contribution in [2.24, 2.45) is 11.8 Å². The van der Waals surface area contributed by atoms with Gasteiger partial charge in [-0.15, -0.1) is 0 Å². The molecule has 2 amide bonds. The van der Waals surface area contributed by atoms with Crippen molar-refractivity contribution in [2.45, 2.75) is 42.0 Å². The van der Waals surface area contributed by atoms with Crippen LogP contribution in [0.3, 0.4) is 0 Å². The van der Waals surface area contributed by atoms with E-state index in [0.29, 0.717) is 17.7 Å². The largest absolute Gasteiger partial charge is 0.466 e. The highest BCUT2D eigenvalue weighted by atomic mass is 79.9. The van der Waals surface area contributed by atoms with Crippen LogP contribution in [0.15, 0.2) is 72.8 Å². The quantitative estimate of drug-likeness (QED) is 0.319. The topological polar surface area (TPSA) is 105 Å². The Bertz CT molecular complexity index is 1430. The third-order valence-electron chi connectivity index (χ3n) is 8.24. The summed E-state index contributed by atoms with van der Waals surface area (Å²) in [7, 11) is 0. The maximum absolute atomic E-state index is 14.2. The summed E-state index contributed by atoms with van der Waals surface area (Å²) < 4.78 is 11.9. The van der Waals surface area contributed by atoms with Gasteiger partial charge in [-0.2, -0.15) is 0 Å². The number of anilines is 1. The number of nitrogens with zero attached hydrogens (tertiary/aromatic N) is 1.